The Morgan fingerprint density at radius 1 is 0.857 bits per heavy atom. The van der Waals surface area contributed by atoms with E-state index in [1.165, 1.54) is 0 Å². The smallest absolute Gasteiger partial charge is 0.163 e. The van der Waals surface area contributed by atoms with Gasteiger partial charge in [-0.1, -0.05) is 54.6 Å². The molecule has 0 aromatic heterocycles. The first-order valence-corrected chi connectivity index (χ1v) is 6.90. The number of methoxy groups -OCH3 is 1. The maximum absolute atomic E-state index is 12.3. The van der Waals surface area contributed by atoms with Gasteiger partial charge in [-0.05, 0) is 5.56 Å². The summed E-state index contributed by atoms with van der Waals surface area (Å²) < 4.78 is 5.09. The Hall–Kier alpha value is -2.26. The van der Waals surface area contributed by atoms with Crippen LogP contribution in [0.2, 0.25) is 0 Å². The van der Waals surface area contributed by atoms with Gasteiger partial charge in [0.2, 0.25) is 0 Å². The summed E-state index contributed by atoms with van der Waals surface area (Å²) in [7, 11) is 1.60. The van der Waals surface area contributed by atoms with E-state index in [2.05, 4.69) is 0 Å². The molecule has 0 spiro atoms. The Morgan fingerprint density at radius 3 is 2.19 bits per heavy atom. The Bertz CT molecular complexity index is 617. The molecule has 0 saturated heterocycles. The molecule has 0 aliphatic rings. The summed E-state index contributed by atoms with van der Waals surface area (Å²) in [6, 6.07) is 16.4. The van der Waals surface area contributed by atoms with Gasteiger partial charge in [0.25, 0.3) is 0 Å². The second kappa shape index (κ2) is 7.50. The Labute approximate surface area is 124 Å². The number of ether oxygens (including phenoxy) is 1. The van der Waals surface area contributed by atoms with Crippen molar-refractivity contribution in [2.24, 2.45) is 0 Å². The molecule has 0 bridgehead atoms. The monoisotopic (exact) mass is 282 g/mol. The fraction of sp³-hybridized carbons (Fsp3) is 0.222. The average molecular weight is 282 g/mol. The maximum Gasteiger partial charge on any atom is 0.163 e. The van der Waals surface area contributed by atoms with E-state index in [-0.39, 0.29) is 24.4 Å². The van der Waals surface area contributed by atoms with E-state index in [0.717, 1.165) is 5.56 Å². The number of benzene rings is 2. The third-order valence-corrected chi connectivity index (χ3v) is 3.29. The Kier molecular flexibility index (Phi) is 5.41. The highest BCUT2D eigenvalue weighted by atomic mass is 16.5. The van der Waals surface area contributed by atoms with Gasteiger partial charge in [0.1, 0.15) is 0 Å². The molecule has 2 rings (SSSR count). The van der Waals surface area contributed by atoms with E-state index in [0.29, 0.717) is 17.7 Å². The first-order chi connectivity index (χ1) is 10.2. The third kappa shape index (κ3) is 4.10. The zero-order valence-electron chi connectivity index (χ0n) is 12.0. The molecule has 0 heterocycles. The van der Waals surface area contributed by atoms with E-state index < -0.39 is 0 Å². The first kappa shape index (κ1) is 15.1. The number of hydrogen-bond acceptors (Lipinski definition) is 3. The Balaban J connectivity index is 2.01. The van der Waals surface area contributed by atoms with Crippen molar-refractivity contribution >= 4 is 11.6 Å². The van der Waals surface area contributed by atoms with Crippen molar-refractivity contribution in [1.29, 1.82) is 0 Å². The molecule has 0 radical (unpaired) electrons. The number of ketones is 2. The number of carbonyl (C=O) groups is 2. The van der Waals surface area contributed by atoms with E-state index in [4.69, 9.17) is 4.74 Å². The lowest BCUT2D eigenvalue weighted by molar-refractivity contribution is 0.0915. The van der Waals surface area contributed by atoms with Crippen molar-refractivity contribution < 1.29 is 14.3 Å². The number of carbonyl (C=O) groups excluding carboxylic acids is 2. The molecule has 0 saturated carbocycles. The van der Waals surface area contributed by atoms with Gasteiger partial charge in [0.15, 0.2) is 11.6 Å². The molecular weight excluding hydrogens is 264 g/mol. The van der Waals surface area contributed by atoms with Crippen LogP contribution in [0.5, 0.6) is 0 Å². The summed E-state index contributed by atoms with van der Waals surface area (Å²) in [6.45, 7) is 0.397. The number of rotatable bonds is 7. The second-order valence-corrected chi connectivity index (χ2v) is 4.80. The van der Waals surface area contributed by atoms with E-state index in [1.807, 2.05) is 36.4 Å². The molecule has 0 aliphatic heterocycles. The van der Waals surface area contributed by atoms with Crippen LogP contribution in [0.15, 0.2) is 54.6 Å². The molecule has 0 amide bonds. The molecular formula is C18H18O3. The van der Waals surface area contributed by atoms with Crippen LogP contribution in [0.1, 0.15) is 39.1 Å². The number of Topliss-reactive ketones (excluding diaryl/α,β-unsaturated/α-hetero) is 2. The summed E-state index contributed by atoms with van der Waals surface area (Å²) in [4.78, 5) is 24.3. The average Bonchev–Trinajstić information content (AvgIpc) is 2.54. The third-order valence-electron chi connectivity index (χ3n) is 3.29. The SMILES string of the molecule is COCc1ccccc1C(=O)CCC(=O)c1ccccc1. The summed E-state index contributed by atoms with van der Waals surface area (Å²) in [5.74, 6) is -0.0277. The minimum Gasteiger partial charge on any atom is -0.380 e. The minimum absolute atomic E-state index is 0.00632. The summed E-state index contributed by atoms with van der Waals surface area (Å²) in [5, 5.41) is 0. The van der Waals surface area contributed by atoms with Crippen molar-refractivity contribution in [2.45, 2.75) is 19.4 Å². The van der Waals surface area contributed by atoms with Crippen LogP contribution in [0, 0.1) is 0 Å². The minimum atomic E-state index is -0.0214. The lowest BCUT2D eigenvalue weighted by Crippen LogP contribution is -2.08. The lowest BCUT2D eigenvalue weighted by Gasteiger charge is -2.07. The van der Waals surface area contributed by atoms with Crippen LogP contribution in [0.25, 0.3) is 0 Å². The van der Waals surface area contributed by atoms with Crippen LogP contribution >= 0.6 is 0 Å². The van der Waals surface area contributed by atoms with Crippen molar-refractivity contribution in [3.05, 3.63) is 71.3 Å². The second-order valence-electron chi connectivity index (χ2n) is 4.80. The van der Waals surface area contributed by atoms with Gasteiger partial charge in [-0.3, -0.25) is 9.59 Å². The van der Waals surface area contributed by atoms with Crippen LogP contribution in [0.3, 0.4) is 0 Å². The summed E-state index contributed by atoms with van der Waals surface area (Å²) >= 11 is 0. The van der Waals surface area contributed by atoms with Gasteiger partial charge in [-0.25, -0.2) is 0 Å². The van der Waals surface area contributed by atoms with Crippen LogP contribution in [-0.4, -0.2) is 18.7 Å². The van der Waals surface area contributed by atoms with Crippen molar-refractivity contribution in [1.82, 2.24) is 0 Å². The molecule has 21 heavy (non-hydrogen) atoms. The van der Waals surface area contributed by atoms with Gasteiger partial charge < -0.3 is 4.74 Å². The van der Waals surface area contributed by atoms with Gasteiger partial charge in [0, 0.05) is 31.1 Å². The molecule has 0 N–H and O–H groups in total. The van der Waals surface area contributed by atoms with Gasteiger partial charge >= 0.3 is 0 Å². The van der Waals surface area contributed by atoms with Crippen molar-refractivity contribution in [3.8, 4) is 0 Å². The van der Waals surface area contributed by atoms with E-state index >= 15 is 0 Å². The highest BCUT2D eigenvalue weighted by molar-refractivity contribution is 6.02. The highest BCUT2D eigenvalue weighted by Gasteiger charge is 2.13. The summed E-state index contributed by atoms with van der Waals surface area (Å²) in [5.41, 5.74) is 2.15. The number of hydrogen-bond donors (Lipinski definition) is 0. The summed E-state index contributed by atoms with van der Waals surface area (Å²) in [6.07, 6.45) is 0.443. The molecule has 108 valence electrons. The fourth-order valence-corrected chi connectivity index (χ4v) is 2.20. The Morgan fingerprint density at radius 2 is 1.48 bits per heavy atom. The standard InChI is InChI=1S/C18H18O3/c1-21-13-15-9-5-6-10-16(15)18(20)12-11-17(19)14-7-3-2-4-8-14/h2-10H,11-13H2,1H3. The van der Waals surface area contributed by atoms with E-state index in [1.54, 1.807) is 25.3 Å². The molecule has 2 aromatic carbocycles. The predicted molar refractivity (Wildman–Crippen MR) is 81.5 cm³/mol. The van der Waals surface area contributed by atoms with Gasteiger partial charge in [0.05, 0.1) is 6.61 Å². The zero-order valence-corrected chi connectivity index (χ0v) is 12.0. The molecule has 0 fully saturated rings. The first-order valence-electron chi connectivity index (χ1n) is 6.90. The van der Waals surface area contributed by atoms with Crippen LogP contribution < -0.4 is 0 Å². The lowest BCUT2D eigenvalue weighted by atomic mass is 9.98. The topological polar surface area (TPSA) is 43.4 Å². The molecule has 0 aliphatic carbocycles. The fourth-order valence-electron chi connectivity index (χ4n) is 2.20. The normalized spacial score (nSPS) is 10.3. The van der Waals surface area contributed by atoms with E-state index in [9.17, 15) is 9.59 Å². The molecule has 2 aromatic rings. The molecule has 3 heteroatoms. The zero-order chi connectivity index (χ0) is 15.1. The predicted octanol–water partition coefficient (Wildman–Crippen LogP) is 3.68. The van der Waals surface area contributed by atoms with Crippen LogP contribution in [0.4, 0.5) is 0 Å². The molecule has 0 unspecified atom stereocenters. The largest absolute Gasteiger partial charge is 0.380 e. The van der Waals surface area contributed by atoms with Crippen LogP contribution in [-0.2, 0) is 11.3 Å². The van der Waals surface area contributed by atoms with Gasteiger partial charge in [-0.15, -0.1) is 0 Å². The maximum atomic E-state index is 12.3. The highest BCUT2D eigenvalue weighted by Crippen LogP contribution is 2.14. The quantitative estimate of drug-likeness (QED) is 0.728. The molecule has 0 atom stereocenters. The van der Waals surface area contributed by atoms with Gasteiger partial charge in [-0.2, -0.15) is 0 Å². The van der Waals surface area contributed by atoms with Crippen molar-refractivity contribution in [2.75, 3.05) is 7.11 Å². The van der Waals surface area contributed by atoms with Crippen molar-refractivity contribution in [3.63, 3.8) is 0 Å². The molecule has 3 nitrogen and oxygen atoms in total.